The molecule has 0 rings (SSSR count). The SMILES string of the molecule is Cl.Cl.O.O.[Ca+2].[H-].[H-].[H-].[K+]. The summed E-state index contributed by atoms with van der Waals surface area (Å²) in [5.41, 5.74) is 0. The summed E-state index contributed by atoms with van der Waals surface area (Å²) in [4.78, 5) is 0. The van der Waals surface area contributed by atoms with E-state index in [1.807, 2.05) is 0 Å². The van der Waals surface area contributed by atoms with Crippen LogP contribution in [0.3, 0.4) is 0 Å². The van der Waals surface area contributed by atoms with Gasteiger partial charge in [0.1, 0.15) is 0 Å². The molecule has 0 heterocycles. The molecule has 38 valence electrons. The fourth-order valence-electron chi connectivity index (χ4n) is 0. The fraction of sp³-hybridized carbons (Fsp3) is 0. The molecule has 6 heavy (non-hydrogen) atoms. The zero-order chi connectivity index (χ0) is 0. The summed E-state index contributed by atoms with van der Waals surface area (Å²) in [6.07, 6.45) is 0. The fourth-order valence-corrected chi connectivity index (χ4v) is 0. The van der Waals surface area contributed by atoms with Gasteiger partial charge in [-0.25, -0.2) is 0 Å². The summed E-state index contributed by atoms with van der Waals surface area (Å²) in [6, 6.07) is 0. The largest absolute Gasteiger partial charge is 2.00 e. The van der Waals surface area contributed by atoms with Gasteiger partial charge >= 0.3 is 89.1 Å². The van der Waals surface area contributed by atoms with E-state index in [2.05, 4.69) is 0 Å². The van der Waals surface area contributed by atoms with E-state index in [-0.39, 0.29) is 129 Å². The summed E-state index contributed by atoms with van der Waals surface area (Å²) >= 11 is 0. The van der Waals surface area contributed by atoms with Crippen molar-refractivity contribution in [1.29, 1.82) is 0 Å². The summed E-state index contributed by atoms with van der Waals surface area (Å²) < 4.78 is 0. The van der Waals surface area contributed by atoms with E-state index in [0.717, 1.165) is 0 Å². The van der Waals surface area contributed by atoms with Crippen molar-refractivity contribution in [2.24, 2.45) is 0 Å². The maximum Gasteiger partial charge on any atom is 2.00 e. The second kappa shape index (κ2) is 39.8. The first kappa shape index (κ1) is 57.4. The topological polar surface area (TPSA) is 63.0 Å². The minimum atomic E-state index is 0. The van der Waals surface area contributed by atoms with Gasteiger partial charge in [0.05, 0.1) is 0 Å². The number of hydrogen-bond acceptors (Lipinski definition) is 0. The minimum Gasteiger partial charge on any atom is -1.00 e. The molecule has 0 aromatic heterocycles. The average Bonchev–Trinajstić information content (AvgIpc) is 0. The van der Waals surface area contributed by atoms with Crippen molar-refractivity contribution < 1.29 is 66.6 Å². The van der Waals surface area contributed by atoms with E-state index in [1.165, 1.54) is 0 Å². The van der Waals surface area contributed by atoms with Crippen LogP contribution in [0, 0.1) is 0 Å². The standard InChI is InChI=1S/Ca.2ClH.K.2H2O.3H/h;2*1H;;2*1H2;;;/q+2;;;+1;;;3*-1. The van der Waals surface area contributed by atoms with Crippen LogP contribution in [0.25, 0.3) is 0 Å². The van der Waals surface area contributed by atoms with Crippen molar-refractivity contribution in [2.45, 2.75) is 0 Å². The molecule has 0 aliphatic heterocycles. The van der Waals surface area contributed by atoms with Gasteiger partial charge in [0, 0.05) is 0 Å². The molecule has 0 aliphatic carbocycles. The molecule has 4 N–H and O–H groups in total. The summed E-state index contributed by atoms with van der Waals surface area (Å²) in [7, 11) is 0. The predicted octanol–water partition coefficient (Wildman–Crippen LogP) is -3.85. The van der Waals surface area contributed by atoms with E-state index in [0.29, 0.717) is 0 Å². The maximum absolute atomic E-state index is 0. The van der Waals surface area contributed by atoms with Crippen molar-refractivity contribution in [3.8, 4) is 0 Å². The summed E-state index contributed by atoms with van der Waals surface area (Å²) in [6.45, 7) is 0. The summed E-state index contributed by atoms with van der Waals surface area (Å²) in [5.74, 6) is 0. The van der Waals surface area contributed by atoms with E-state index in [9.17, 15) is 0 Å². The second-order valence-electron chi connectivity index (χ2n) is 0. The van der Waals surface area contributed by atoms with Crippen LogP contribution in [0.1, 0.15) is 4.28 Å². The number of halogens is 2. The zero-order valence-electron chi connectivity index (χ0n) is 6.52. The maximum atomic E-state index is 0. The Balaban J connectivity index is 0. The molecular weight excluding hydrogens is 182 g/mol. The molecule has 0 spiro atoms. The van der Waals surface area contributed by atoms with E-state index < -0.39 is 0 Å². The Labute approximate surface area is 126 Å². The van der Waals surface area contributed by atoms with E-state index >= 15 is 0 Å². The smallest absolute Gasteiger partial charge is 1.00 e. The summed E-state index contributed by atoms with van der Waals surface area (Å²) in [5, 5.41) is 0. The van der Waals surface area contributed by atoms with Crippen LogP contribution in [0.15, 0.2) is 0 Å². The third kappa shape index (κ3) is 26.2. The van der Waals surface area contributed by atoms with E-state index in [4.69, 9.17) is 0 Å². The molecule has 0 radical (unpaired) electrons. The second-order valence-corrected chi connectivity index (χ2v) is 0. The van der Waals surface area contributed by atoms with Crippen LogP contribution in [-0.2, 0) is 0 Å². The molecule has 0 atom stereocenters. The molecule has 0 aromatic rings. The Bertz CT molecular complexity index is 19.8. The minimum absolute atomic E-state index is 0. The van der Waals surface area contributed by atoms with Crippen LogP contribution in [0.2, 0.25) is 0 Å². The van der Waals surface area contributed by atoms with Gasteiger partial charge in [-0.05, 0) is 0 Å². The molecule has 0 saturated carbocycles. The molecule has 0 unspecified atom stereocenters. The monoisotopic (exact) mass is 190 g/mol. The third-order valence-corrected chi connectivity index (χ3v) is 0. The molecule has 6 heteroatoms. The van der Waals surface area contributed by atoms with Gasteiger partial charge < -0.3 is 15.2 Å². The number of rotatable bonds is 0. The Hall–Kier alpha value is 3.40. The molecule has 0 bridgehead atoms. The van der Waals surface area contributed by atoms with Crippen molar-refractivity contribution in [3.63, 3.8) is 0 Å². The Morgan fingerprint density at radius 1 is 0.833 bits per heavy atom. The van der Waals surface area contributed by atoms with Crippen LogP contribution in [0.4, 0.5) is 0 Å². The van der Waals surface area contributed by atoms with Gasteiger partial charge in [0.25, 0.3) is 0 Å². The molecule has 0 saturated heterocycles. The van der Waals surface area contributed by atoms with Gasteiger partial charge in [-0.15, -0.1) is 24.8 Å². The number of hydrogen-bond donors (Lipinski definition) is 0. The average molecular weight is 191 g/mol. The molecule has 0 aromatic carbocycles. The quantitative estimate of drug-likeness (QED) is 0.352. The van der Waals surface area contributed by atoms with Crippen LogP contribution in [-0.4, -0.2) is 48.7 Å². The Kier molecular flexibility index (Phi) is 381. The molecule has 0 aliphatic rings. The van der Waals surface area contributed by atoms with Gasteiger partial charge in [-0.3, -0.25) is 0 Å². The van der Waals surface area contributed by atoms with E-state index in [1.54, 1.807) is 0 Å². The molecule has 0 fully saturated rings. The third-order valence-electron chi connectivity index (χ3n) is 0. The van der Waals surface area contributed by atoms with Gasteiger partial charge in [-0.1, -0.05) is 0 Å². The van der Waals surface area contributed by atoms with Crippen LogP contribution >= 0.6 is 24.8 Å². The normalized spacial score (nSPS) is 0. The first-order valence-electron chi connectivity index (χ1n) is 0. The molecule has 2 nitrogen and oxygen atoms in total. The van der Waals surface area contributed by atoms with Crippen LogP contribution in [0.5, 0.6) is 0 Å². The first-order valence-corrected chi connectivity index (χ1v) is 0. The molecule has 0 amide bonds. The predicted molar refractivity (Wildman–Crippen MR) is 30.8 cm³/mol. The van der Waals surface area contributed by atoms with Crippen LogP contribution < -0.4 is 51.4 Å². The van der Waals surface area contributed by atoms with Gasteiger partial charge in [-0.2, -0.15) is 0 Å². The van der Waals surface area contributed by atoms with Gasteiger partial charge in [0.2, 0.25) is 0 Å². The van der Waals surface area contributed by atoms with Crippen molar-refractivity contribution >= 4 is 62.6 Å². The zero-order valence-corrected chi connectivity index (χ0v) is 10.5. The molecular formula is H9CaCl2KO2. The van der Waals surface area contributed by atoms with Crippen molar-refractivity contribution in [3.05, 3.63) is 0 Å². The van der Waals surface area contributed by atoms with Gasteiger partial charge in [0.15, 0.2) is 0 Å². The van der Waals surface area contributed by atoms with Crippen molar-refractivity contribution in [2.75, 3.05) is 0 Å². The Morgan fingerprint density at radius 3 is 0.833 bits per heavy atom. The van der Waals surface area contributed by atoms with Crippen molar-refractivity contribution in [1.82, 2.24) is 0 Å². The Morgan fingerprint density at radius 2 is 0.833 bits per heavy atom. The first-order chi connectivity index (χ1) is 0.